The molecule has 0 heterocycles. The van der Waals surface area contributed by atoms with Crippen molar-refractivity contribution in [3.63, 3.8) is 0 Å². The summed E-state index contributed by atoms with van der Waals surface area (Å²) in [4.78, 5) is 0. The van der Waals surface area contributed by atoms with Crippen molar-refractivity contribution in [2.24, 2.45) is 0 Å². The van der Waals surface area contributed by atoms with E-state index in [-0.39, 0.29) is 5.75 Å². The average molecular weight is 379 g/mol. The molecule has 0 saturated heterocycles. The summed E-state index contributed by atoms with van der Waals surface area (Å²) >= 11 is 5.70. The number of benzene rings is 2. The highest BCUT2D eigenvalue weighted by Crippen LogP contribution is 2.33. The second kappa shape index (κ2) is 6.94. The van der Waals surface area contributed by atoms with Gasteiger partial charge in [0.15, 0.2) is 9.84 Å². The van der Waals surface area contributed by atoms with Crippen molar-refractivity contribution >= 4 is 27.5 Å². The van der Waals surface area contributed by atoms with Crippen LogP contribution in [0.25, 0.3) is 6.08 Å². The van der Waals surface area contributed by atoms with Crippen molar-refractivity contribution in [2.75, 3.05) is 0 Å². The molecule has 0 aliphatic carbocycles. The standard InChI is InChI=1S/C16H11ClF4O2S/c17-13-4-1-11(2-5-13)10-24(22,23)8-7-12-3-6-14(18)9-15(12)16(19,20)21/h1-9H,10H2. The summed E-state index contributed by atoms with van der Waals surface area (Å²) < 4.78 is 75.7. The van der Waals surface area contributed by atoms with Gasteiger partial charge in [0, 0.05) is 10.4 Å². The molecule has 0 saturated carbocycles. The molecule has 0 aliphatic rings. The van der Waals surface area contributed by atoms with Gasteiger partial charge in [-0.05, 0) is 41.5 Å². The summed E-state index contributed by atoms with van der Waals surface area (Å²) in [6, 6.07) is 8.08. The Morgan fingerprint density at radius 3 is 2.25 bits per heavy atom. The van der Waals surface area contributed by atoms with Crippen LogP contribution < -0.4 is 0 Å². The molecule has 0 N–H and O–H groups in total. The maximum absolute atomic E-state index is 13.0. The predicted molar refractivity (Wildman–Crippen MR) is 84.5 cm³/mol. The van der Waals surface area contributed by atoms with Gasteiger partial charge < -0.3 is 0 Å². The zero-order chi connectivity index (χ0) is 18.0. The molecule has 0 unspecified atom stereocenters. The molecule has 128 valence electrons. The van der Waals surface area contributed by atoms with Gasteiger partial charge in [-0.25, -0.2) is 12.8 Å². The van der Waals surface area contributed by atoms with Gasteiger partial charge in [0.05, 0.1) is 11.3 Å². The molecule has 2 aromatic carbocycles. The average Bonchev–Trinajstić information content (AvgIpc) is 2.47. The zero-order valence-electron chi connectivity index (χ0n) is 12.0. The highest BCUT2D eigenvalue weighted by Gasteiger charge is 2.33. The maximum Gasteiger partial charge on any atom is 0.417 e. The normalized spacial score (nSPS) is 12.7. The van der Waals surface area contributed by atoms with Crippen LogP contribution in [0.5, 0.6) is 0 Å². The van der Waals surface area contributed by atoms with Gasteiger partial charge in [-0.1, -0.05) is 29.8 Å². The van der Waals surface area contributed by atoms with Gasteiger partial charge in [-0.2, -0.15) is 13.2 Å². The molecular weight excluding hydrogens is 368 g/mol. The van der Waals surface area contributed by atoms with Crippen molar-refractivity contribution in [3.8, 4) is 0 Å². The topological polar surface area (TPSA) is 34.1 Å². The monoisotopic (exact) mass is 378 g/mol. The lowest BCUT2D eigenvalue weighted by Gasteiger charge is -2.10. The minimum atomic E-state index is -4.79. The first-order valence-electron chi connectivity index (χ1n) is 6.59. The zero-order valence-corrected chi connectivity index (χ0v) is 13.6. The smallest absolute Gasteiger partial charge is 0.224 e. The Morgan fingerprint density at radius 2 is 1.67 bits per heavy atom. The van der Waals surface area contributed by atoms with E-state index in [1.807, 2.05) is 0 Å². The Balaban J connectivity index is 2.28. The molecule has 0 aromatic heterocycles. The first-order valence-corrected chi connectivity index (χ1v) is 8.68. The van der Waals surface area contributed by atoms with Gasteiger partial charge >= 0.3 is 6.18 Å². The lowest BCUT2D eigenvalue weighted by molar-refractivity contribution is -0.137. The summed E-state index contributed by atoms with van der Waals surface area (Å²) in [6.07, 6.45) is -3.98. The largest absolute Gasteiger partial charge is 0.417 e. The van der Waals surface area contributed by atoms with Gasteiger partial charge in [0.1, 0.15) is 5.82 Å². The van der Waals surface area contributed by atoms with Crippen molar-refractivity contribution in [1.29, 1.82) is 0 Å². The van der Waals surface area contributed by atoms with Crippen LogP contribution in [0.15, 0.2) is 47.9 Å². The van der Waals surface area contributed by atoms with Crippen LogP contribution in [-0.2, 0) is 21.8 Å². The summed E-state index contributed by atoms with van der Waals surface area (Å²) in [5.74, 6) is -1.44. The second-order valence-corrected chi connectivity index (χ2v) is 7.29. The van der Waals surface area contributed by atoms with Crippen LogP contribution in [0.3, 0.4) is 0 Å². The maximum atomic E-state index is 13.0. The molecule has 2 aromatic rings. The fourth-order valence-electron chi connectivity index (χ4n) is 1.96. The Kier molecular flexibility index (Phi) is 5.35. The molecule has 0 fully saturated rings. The van der Waals surface area contributed by atoms with E-state index in [1.54, 1.807) is 0 Å². The third-order valence-electron chi connectivity index (χ3n) is 3.06. The van der Waals surface area contributed by atoms with E-state index in [4.69, 9.17) is 11.6 Å². The molecule has 24 heavy (non-hydrogen) atoms. The lowest BCUT2D eigenvalue weighted by atomic mass is 10.1. The van der Waals surface area contributed by atoms with E-state index in [1.165, 1.54) is 24.3 Å². The lowest BCUT2D eigenvalue weighted by Crippen LogP contribution is -2.08. The molecule has 0 atom stereocenters. The van der Waals surface area contributed by atoms with Crippen LogP contribution in [0, 0.1) is 5.82 Å². The van der Waals surface area contributed by atoms with E-state index in [2.05, 4.69) is 0 Å². The number of sulfone groups is 1. The van der Waals surface area contributed by atoms with Crippen LogP contribution >= 0.6 is 11.6 Å². The van der Waals surface area contributed by atoms with E-state index in [9.17, 15) is 26.0 Å². The number of alkyl halides is 3. The van der Waals surface area contributed by atoms with Gasteiger partial charge in [0.25, 0.3) is 0 Å². The Hall–Kier alpha value is -1.86. The molecule has 8 heteroatoms. The molecule has 2 rings (SSSR count). The Morgan fingerprint density at radius 1 is 1.04 bits per heavy atom. The highest BCUT2D eigenvalue weighted by molar-refractivity contribution is 7.93. The quantitative estimate of drug-likeness (QED) is 0.695. The summed E-state index contributed by atoms with van der Waals surface area (Å²) in [5.41, 5.74) is -1.22. The van der Waals surface area contributed by atoms with Gasteiger partial charge in [-0.3, -0.25) is 0 Å². The minimum Gasteiger partial charge on any atom is -0.224 e. The summed E-state index contributed by atoms with van der Waals surface area (Å²) in [7, 11) is -3.80. The molecule has 0 aliphatic heterocycles. The van der Waals surface area contributed by atoms with Gasteiger partial charge in [0.2, 0.25) is 0 Å². The summed E-state index contributed by atoms with van der Waals surface area (Å²) in [5, 5.41) is 1.12. The van der Waals surface area contributed by atoms with E-state index in [0.717, 1.165) is 18.2 Å². The molecule has 0 amide bonds. The minimum absolute atomic E-state index is 0.325. The van der Waals surface area contributed by atoms with Gasteiger partial charge in [-0.15, -0.1) is 0 Å². The fraction of sp³-hybridized carbons (Fsp3) is 0.125. The van der Waals surface area contributed by atoms with Crippen LogP contribution in [0.2, 0.25) is 5.02 Å². The third-order valence-corrected chi connectivity index (χ3v) is 4.60. The molecule has 0 spiro atoms. The van der Waals surface area contributed by atoms with E-state index < -0.39 is 33.0 Å². The summed E-state index contributed by atoms with van der Waals surface area (Å²) in [6.45, 7) is 0. The molecular formula is C16H11ClF4O2S. The Labute approximate surface area is 141 Å². The fourth-order valence-corrected chi connectivity index (χ4v) is 3.19. The number of rotatable bonds is 4. The van der Waals surface area contributed by atoms with Crippen LogP contribution in [0.1, 0.15) is 16.7 Å². The van der Waals surface area contributed by atoms with E-state index in [0.29, 0.717) is 22.1 Å². The predicted octanol–water partition coefficient (Wildman–Crippen LogP) is 5.08. The number of hydrogen-bond acceptors (Lipinski definition) is 2. The third kappa shape index (κ3) is 5.07. The van der Waals surface area contributed by atoms with Crippen LogP contribution in [0.4, 0.5) is 17.6 Å². The number of halogens is 5. The first-order chi connectivity index (χ1) is 11.1. The van der Waals surface area contributed by atoms with Crippen LogP contribution in [-0.4, -0.2) is 8.42 Å². The van der Waals surface area contributed by atoms with E-state index >= 15 is 0 Å². The van der Waals surface area contributed by atoms with Crippen molar-refractivity contribution in [1.82, 2.24) is 0 Å². The van der Waals surface area contributed by atoms with Crippen molar-refractivity contribution in [3.05, 3.63) is 75.4 Å². The molecule has 0 bridgehead atoms. The number of hydrogen-bond donors (Lipinski definition) is 0. The van der Waals surface area contributed by atoms with Crippen molar-refractivity contribution < 1.29 is 26.0 Å². The molecule has 2 nitrogen and oxygen atoms in total. The first kappa shape index (κ1) is 18.5. The highest BCUT2D eigenvalue weighted by atomic mass is 35.5. The Bertz CT molecular complexity index is 857. The van der Waals surface area contributed by atoms with Crippen molar-refractivity contribution in [2.45, 2.75) is 11.9 Å². The SMILES string of the molecule is O=S(=O)(C=Cc1ccc(F)cc1C(F)(F)F)Cc1ccc(Cl)cc1. The second-order valence-electron chi connectivity index (χ2n) is 4.97. The molecule has 0 radical (unpaired) electrons.